The lowest BCUT2D eigenvalue weighted by molar-refractivity contribution is -0.120. The Kier molecular flexibility index (Phi) is 10.1. The van der Waals surface area contributed by atoms with E-state index in [1.807, 2.05) is 24.3 Å². The highest BCUT2D eigenvalue weighted by Gasteiger charge is 2.10. The molecule has 2 aromatic carbocycles. The van der Waals surface area contributed by atoms with Crippen LogP contribution in [0.25, 0.3) is 11.0 Å². The van der Waals surface area contributed by atoms with Crippen LogP contribution in [0.4, 0.5) is 0 Å². The number of carbonyl (C=O) groups excluding carboxylic acids is 1. The van der Waals surface area contributed by atoms with E-state index in [0.29, 0.717) is 11.4 Å². The Morgan fingerprint density at radius 2 is 1.69 bits per heavy atom. The van der Waals surface area contributed by atoms with Crippen LogP contribution in [0.5, 0.6) is 0 Å². The number of amides is 1. The van der Waals surface area contributed by atoms with E-state index in [-0.39, 0.29) is 5.91 Å². The quantitative estimate of drug-likeness (QED) is 0.275. The number of imidazole rings is 1. The summed E-state index contributed by atoms with van der Waals surface area (Å²) in [5.74, 6) is 1.27. The van der Waals surface area contributed by atoms with Crippen molar-refractivity contribution < 1.29 is 4.79 Å². The average Bonchev–Trinajstić information content (AvgIpc) is 3.15. The largest absolute Gasteiger partial charge is 0.356 e. The molecule has 0 aliphatic carbocycles. The van der Waals surface area contributed by atoms with Crippen molar-refractivity contribution in [2.45, 2.75) is 77.7 Å². The minimum Gasteiger partial charge on any atom is -0.356 e. The van der Waals surface area contributed by atoms with Crippen LogP contribution in [0.2, 0.25) is 5.02 Å². The number of nitrogens with one attached hydrogen (secondary N) is 1. The molecular weight excluding hydrogens is 418 g/mol. The summed E-state index contributed by atoms with van der Waals surface area (Å²) >= 11 is 5.89. The number of rotatable bonds is 14. The van der Waals surface area contributed by atoms with Crippen LogP contribution in [0.15, 0.2) is 48.5 Å². The molecule has 0 saturated carbocycles. The third-order valence-corrected chi connectivity index (χ3v) is 6.15. The fourth-order valence-electron chi connectivity index (χ4n) is 4.10. The van der Waals surface area contributed by atoms with Crippen LogP contribution in [-0.2, 0) is 24.2 Å². The van der Waals surface area contributed by atoms with Crippen molar-refractivity contribution in [2.75, 3.05) is 6.54 Å². The maximum absolute atomic E-state index is 12.1. The van der Waals surface area contributed by atoms with E-state index in [0.717, 1.165) is 49.9 Å². The summed E-state index contributed by atoms with van der Waals surface area (Å²) in [7, 11) is 0. The molecule has 0 radical (unpaired) electrons. The van der Waals surface area contributed by atoms with Gasteiger partial charge in [-0.3, -0.25) is 4.79 Å². The number of nitrogens with zero attached hydrogens (tertiary/aromatic N) is 2. The predicted molar refractivity (Wildman–Crippen MR) is 134 cm³/mol. The Morgan fingerprint density at radius 3 is 2.50 bits per heavy atom. The number of aryl methyl sites for hydroxylation is 2. The Hall–Kier alpha value is -2.33. The highest BCUT2D eigenvalue weighted by atomic mass is 35.5. The summed E-state index contributed by atoms with van der Waals surface area (Å²) in [5.41, 5.74) is 3.35. The topological polar surface area (TPSA) is 46.9 Å². The second-order valence-corrected chi connectivity index (χ2v) is 8.98. The number of hydrogen-bond donors (Lipinski definition) is 1. The molecule has 3 rings (SSSR count). The van der Waals surface area contributed by atoms with Gasteiger partial charge in [0.1, 0.15) is 5.82 Å². The second-order valence-electron chi connectivity index (χ2n) is 8.55. The van der Waals surface area contributed by atoms with E-state index in [9.17, 15) is 4.79 Å². The lowest BCUT2D eigenvalue weighted by Gasteiger charge is -2.10. The van der Waals surface area contributed by atoms with Crippen molar-refractivity contribution in [1.29, 1.82) is 0 Å². The van der Waals surface area contributed by atoms with Crippen LogP contribution in [0.1, 0.15) is 69.7 Å². The Morgan fingerprint density at radius 1 is 0.938 bits per heavy atom. The molecule has 1 amide bonds. The van der Waals surface area contributed by atoms with Gasteiger partial charge >= 0.3 is 0 Å². The molecule has 1 heterocycles. The molecule has 4 nitrogen and oxygen atoms in total. The van der Waals surface area contributed by atoms with E-state index >= 15 is 0 Å². The second kappa shape index (κ2) is 13.3. The Balaban J connectivity index is 1.40. The molecule has 0 unspecified atom stereocenters. The lowest BCUT2D eigenvalue weighted by Crippen LogP contribution is -2.26. The summed E-state index contributed by atoms with van der Waals surface area (Å²) < 4.78 is 2.43. The van der Waals surface area contributed by atoms with Gasteiger partial charge in [-0.05, 0) is 49.1 Å². The third-order valence-electron chi connectivity index (χ3n) is 5.90. The van der Waals surface area contributed by atoms with Crippen molar-refractivity contribution in [3.63, 3.8) is 0 Å². The van der Waals surface area contributed by atoms with Crippen LogP contribution in [0, 0.1) is 0 Å². The standard InChI is InChI=1S/C27H36ClN3O/c1-2-3-4-5-11-20-31-25-13-9-8-12-24(25)30-26(31)14-7-6-10-19-29-27(32)21-22-15-17-23(28)18-16-22/h8-9,12-13,15-18H,2-7,10-11,14,19-21H2,1H3,(H,29,32). The number of carbonyl (C=O) groups is 1. The van der Waals surface area contributed by atoms with Crippen LogP contribution >= 0.6 is 11.6 Å². The monoisotopic (exact) mass is 453 g/mol. The summed E-state index contributed by atoms with van der Waals surface area (Å²) in [5, 5.41) is 3.72. The van der Waals surface area contributed by atoms with Crippen molar-refractivity contribution in [1.82, 2.24) is 14.9 Å². The van der Waals surface area contributed by atoms with Gasteiger partial charge in [0.15, 0.2) is 0 Å². The first-order valence-electron chi connectivity index (χ1n) is 12.1. The SMILES string of the molecule is CCCCCCCn1c(CCCCCNC(=O)Cc2ccc(Cl)cc2)nc2ccccc21. The number of fused-ring (bicyclic) bond motifs is 1. The third kappa shape index (κ3) is 7.67. The first kappa shape index (κ1) is 24.3. The molecule has 1 N–H and O–H groups in total. The van der Waals surface area contributed by atoms with Gasteiger partial charge in [0, 0.05) is 24.5 Å². The zero-order valence-electron chi connectivity index (χ0n) is 19.3. The fraction of sp³-hybridized carbons (Fsp3) is 0.481. The number of halogens is 1. The Labute approximate surface area is 197 Å². The molecule has 5 heteroatoms. The Bertz CT molecular complexity index is 965. The van der Waals surface area contributed by atoms with E-state index in [4.69, 9.17) is 16.6 Å². The smallest absolute Gasteiger partial charge is 0.224 e. The zero-order valence-corrected chi connectivity index (χ0v) is 20.0. The van der Waals surface area contributed by atoms with E-state index < -0.39 is 0 Å². The van der Waals surface area contributed by atoms with Crippen LogP contribution in [0.3, 0.4) is 0 Å². The van der Waals surface area contributed by atoms with Crippen molar-refractivity contribution in [2.24, 2.45) is 0 Å². The fourth-order valence-corrected chi connectivity index (χ4v) is 4.23. The molecular formula is C27H36ClN3O. The van der Waals surface area contributed by atoms with Crippen LogP contribution < -0.4 is 5.32 Å². The molecule has 0 atom stereocenters. The molecule has 32 heavy (non-hydrogen) atoms. The molecule has 0 aliphatic heterocycles. The van der Waals surface area contributed by atoms with E-state index in [1.54, 1.807) is 0 Å². The van der Waals surface area contributed by atoms with Crippen LogP contribution in [-0.4, -0.2) is 22.0 Å². The highest BCUT2D eigenvalue weighted by molar-refractivity contribution is 6.30. The first-order valence-corrected chi connectivity index (χ1v) is 12.5. The molecule has 1 aromatic heterocycles. The normalized spacial score (nSPS) is 11.2. The van der Waals surface area contributed by atoms with E-state index in [1.165, 1.54) is 43.4 Å². The first-order chi connectivity index (χ1) is 15.7. The van der Waals surface area contributed by atoms with Crippen molar-refractivity contribution >= 4 is 28.5 Å². The molecule has 0 saturated heterocycles. The van der Waals surface area contributed by atoms with Gasteiger partial charge in [-0.25, -0.2) is 4.98 Å². The van der Waals surface area contributed by atoms with Crippen molar-refractivity contribution in [3.05, 3.63) is 64.9 Å². The zero-order chi connectivity index (χ0) is 22.6. The van der Waals surface area contributed by atoms with Crippen molar-refractivity contribution in [3.8, 4) is 0 Å². The van der Waals surface area contributed by atoms with Gasteiger partial charge in [-0.2, -0.15) is 0 Å². The molecule has 0 bridgehead atoms. The summed E-state index contributed by atoms with van der Waals surface area (Å²) in [4.78, 5) is 17.0. The van der Waals surface area contributed by atoms with Gasteiger partial charge < -0.3 is 9.88 Å². The lowest BCUT2D eigenvalue weighted by atomic mass is 10.1. The number of unbranched alkanes of at least 4 members (excludes halogenated alkanes) is 6. The molecule has 0 aliphatic rings. The summed E-state index contributed by atoms with van der Waals surface area (Å²) in [6.07, 6.45) is 11.0. The van der Waals surface area contributed by atoms with Gasteiger partial charge in [-0.1, -0.05) is 74.9 Å². The average molecular weight is 454 g/mol. The van der Waals surface area contributed by atoms with E-state index in [2.05, 4.69) is 41.1 Å². The highest BCUT2D eigenvalue weighted by Crippen LogP contribution is 2.19. The molecule has 3 aromatic rings. The van der Waals surface area contributed by atoms with Gasteiger partial charge in [0.25, 0.3) is 0 Å². The number of benzene rings is 2. The molecule has 0 spiro atoms. The maximum atomic E-state index is 12.1. The maximum Gasteiger partial charge on any atom is 0.224 e. The summed E-state index contributed by atoms with van der Waals surface area (Å²) in [6, 6.07) is 15.9. The molecule has 172 valence electrons. The van der Waals surface area contributed by atoms with Gasteiger partial charge in [0.05, 0.1) is 17.5 Å². The number of para-hydroxylation sites is 2. The molecule has 0 fully saturated rings. The predicted octanol–water partition coefficient (Wildman–Crippen LogP) is 6.73. The van der Waals surface area contributed by atoms with Gasteiger partial charge in [0.2, 0.25) is 5.91 Å². The summed E-state index contributed by atoms with van der Waals surface area (Å²) in [6.45, 7) is 4.03. The number of aromatic nitrogens is 2. The minimum absolute atomic E-state index is 0.0668. The number of hydrogen-bond acceptors (Lipinski definition) is 2. The minimum atomic E-state index is 0.0668. The van der Waals surface area contributed by atoms with Gasteiger partial charge in [-0.15, -0.1) is 0 Å².